The minimum absolute atomic E-state index is 1.03. The van der Waals surface area contributed by atoms with Crippen LogP contribution in [0, 0.1) is 0 Å². The van der Waals surface area contributed by atoms with Crippen LogP contribution in [-0.2, 0) is 0 Å². The van der Waals surface area contributed by atoms with Gasteiger partial charge in [0, 0.05) is 68.2 Å². The van der Waals surface area contributed by atoms with E-state index in [9.17, 15) is 0 Å². The zero-order valence-electron chi connectivity index (χ0n) is 56.2. The summed E-state index contributed by atoms with van der Waals surface area (Å²) in [5, 5.41) is 4.49. The number of hydrogen-bond donors (Lipinski definition) is 0. The molecule has 102 heavy (non-hydrogen) atoms. The van der Waals surface area contributed by atoms with Crippen molar-refractivity contribution in [2.45, 2.75) is 0 Å². The number of benzene rings is 17. The maximum atomic E-state index is 2.45. The second-order valence-electron chi connectivity index (χ2n) is 25.6. The molecular formula is C98H70N4. The van der Waals surface area contributed by atoms with Crippen molar-refractivity contribution < 1.29 is 0 Å². The van der Waals surface area contributed by atoms with Crippen LogP contribution >= 0.6 is 0 Å². The van der Waals surface area contributed by atoms with Crippen LogP contribution in [0.25, 0.3) is 88.3 Å². The second kappa shape index (κ2) is 28.1. The predicted octanol–water partition coefficient (Wildman–Crippen LogP) is 27.9. The lowest BCUT2D eigenvalue weighted by Gasteiger charge is -2.29. The Hall–Kier alpha value is -13.5. The lowest BCUT2D eigenvalue weighted by Crippen LogP contribution is -2.11. The van der Waals surface area contributed by atoms with Gasteiger partial charge in [-0.3, -0.25) is 0 Å². The molecule has 0 saturated heterocycles. The molecule has 0 heterocycles. The summed E-state index contributed by atoms with van der Waals surface area (Å²) in [5.74, 6) is 0. The van der Waals surface area contributed by atoms with Gasteiger partial charge in [0.2, 0.25) is 0 Å². The third-order valence-electron chi connectivity index (χ3n) is 19.4. The van der Waals surface area contributed by atoms with Gasteiger partial charge in [-0.15, -0.1) is 0 Å². The standard InChI is InChI=1S/C98H70N4/c1-9-25-71(26-10-1)75-41-53-87(54-42-75)101(88-55-43-76(44-56-88)72-27-11-2-12-28-72)91-65-67-93-95(69-91)97(79-49-61-85(62-50-79)99(81-33-17-5-18-34-81)82-35-19-6-20-36-82)94-68-66-92(70-96(94)98(93)80-51-63-86(64-52-80)100(83-37-21-7-22-38-83)84-39-23-8-24-40-84)102(89-57-45-77(46-58-89)73-29-13-3-14-30-73)90-59-47-78(48-60-90)74-31-15-4-16-32-74/h1-70H. The summed E-state index contributed by atoms with van der Waals surface area (Å²) in [5.41, 5.74) is 26.5. The predicted molar refractivity (Wildman–Crippen MR) is 433 cm³/mol. The third kappa shape index (κ3) is 12.5. The molecule has 17 aromatic rings. The summed E-state index contributed by atoms with van der Waals surface area (Å²) in [6.45, 7) is 0. The summed E-state index contributed by atoms with van der Waals surface area (Å²) in [6, 6.07) is 154. The van der Waals surface area contributed by atoms with Crippen molar-refractivity contribution in [3.63, 3.8) is 0 Å². The largest absolute Gasteiger partial charge is 0.311 e. The Morgan fingerprint density at radius 3 is 0.480 bits per heavy atom. The van der Waals surface area contributed by atoms with Gasteiger partial charge in [-0.05, 0) is 234 Å². The van der Waals surface area contributed by atoms with Gasteiger partial charge in [-0.1, -0.05) is 279 Å². The lowest BCUT2D eigenvalue weighted by molar-refractivity contribution is 1.28. The Balaban J connectivity index is 0.920. The molecule has 0 saturated carbocycles. The highest BCUT2D eigenvalue weighted by atomic mass is 15.2. The van der Waals surface area contributed by atoms with E-state index in [1.807, 2.05) is 0 Å². The number of para-hydroxylation sites is 4. The molecule has 17 aromatic carbocycles. The lowest BCUT2D eigenvalue weighted by atomic mass is 9.85. The number of fused-ring (bicyclic) bond motifs is 2. The molecule has 0 N–H and O–H groups in total. The minimum Gasteiger partial charge on any atom is -0.311 e. The summed E-state index contributed by atoms with van der Waals surface area (Å²) in [6.07, 6.45) is 0. The van der Waals surface area contributed by atoms with E-state index in [2.05, 4.69) is 444 Å². The van der Waals surface area contributed by atoms with Gasteiger partial charge in [-0.25, -0.2) is 0 Å². The van der Waals surface area contributed by atoms with Gasteiger partial charge < -0.3 is 19.6 Å². The SMILES string of the molecule is c1ccc(-c2ccc(N(c3ccc(-c4ccccc4)cc3)c3ccc4c(-c5ccc(N(c6ccccc6)c6ccccc6)cc5)c5cc(N(c6ccc(-c7ccccc7)cc6)c6ccc(-c7ccccc7)cc6)ccc5c(-c5ccc(N(c6ccccc6)c6ccccc6)cc5)c4c3)cc2)cc1. The molecule has 17 rings (SSSR count). The molecule has 0 aliphatic heterocycles. The molecule has 0 aliphatic rings. The fraction of sp³-hybridized carbons (Fsp3) is 0. The first-order chi connectivity index (χ1) is 50.6. The molecule has 482 valence electrons. The topological polar surface area (TPSA) is 13.0 Å². The smallest absolute Gasteiger partial charge is 0.0468 e. The molecule has 0 aromatic heterocycles. The quantitative estimate of drug-likeness (QED) is 0.0794. The highest BCUT2D eigenvalue weighted by Gasteiger charge is 2.25. The zero-order chi connectivity index (χ0) is 68.0. The van der Waals surface area contributed by atoms with E-state index in [1.165, 1.54) is 22.3 Å². The van der Waals surface area contributed by atoms with Crippen molar-refractivity contribution in [3.8, 4) is 66.8 Å². The Morgan fingerprint density at radius 2 is 0.265 bits per heavy atom. The monoisotopic (exact) mass is 1300 g/mol. The van der Waals surface area contributed by atoms with E-state index in [-0.39, 0.29) is 0 Å². The average molecular weight is 1300 g/mol. The maximum absolute atomic E-state index is 2.45. The van der Waals surface area contributed by atoms with E-state index in [0.29, 0.717) is 0 Å². The van der Waals surface area contributed by atoms with E-state index >= 15 is 0 Å². The highest BCUT2D eigenvalue weighted by Crippen LogP contribution is 2.50. The zero-order valence-corrected chi connectivity index (χ0v) is 56.2. The first-order valence-electron chi connectivity index (χ1n) is 34.9. The van der Waals surface area contributed by atoms with E-state index in [1.54, 1.807) is 0 Å². The van der Waals surface area contributed by atoms with Crippen LogP contribution in [0.5, 0.6) is 0 Å². The first-order valence-corrected chi connectivity index (χ1v) is 34.9. The Labute approximate surface area is 597 Å². The van der Waals surface area contributed by atoms with Gasteiger partial charge in [0.05, 0.1) is 0 Å². The Bertz CT molecular complexity index is 5050. The van der Waals surface area contributed by atoms with Crippen molar-refractivity contribution in [1.82, 2.24) is 0 Å². The van der Waals surface area contributed by atoms with Gasteiger partial charge in [0.15, 0.2) is 0 Å². The van der Waals surface area contributed by atoms with Crippen molar-refractivity contribution in [2.75, 3.05) is 19.6 Å². The maximum Gasteiger partial charge on any atom is 0.0468 e. The van der Waals surface area contributed by atoms with Crippen molar-refractivity contribution in [3.05, 3.63) is 425 Å². The van der Waals surface area contributed by atoms with Crippen molar-refractivity contribution >= 4 is 89.8 Å². The van der Waals surface area contributed by atoms with Crippen LogP contribution in [0.15, 0.2) is 425 Å². The summed E-state index contributed by atoms with van der Waals surface area (Å²) in [4.78, 5) is 9.51. The molecular weight excluding hydrogens is 1230 g/mol. The summed E-state index contributed by atoms with van der Waals surface area (Å²) >= 11 is 0. The molecule has 0 spiro atoms. The Kier molecular flexibility index (Phi) is 17.1. The third-order valence-corrected chi connectivity index (χ3v) is 19.4. The molecule has 0 unspecified atom stereocenters. The number of anilines is 12. The van der Waals surface area contributed by atoms with Gasteiger partial charge in [-0.2, -0.15) is 0 Å². The van der Waals surface area contributed by atoms with Crippen LogP contribution in [0.1, 0.15) is 0 Å². The van der Waals surface area contributed by atoms with Crippen LogP contribution in [0.3, 0.4) is 0 Å². The minimum atomic E-state index is 1.03. The molecule has 0 aliphatic carbocycles. The number of nitrogens with zero attached hydrogens (tertiary/aromatic N) is 4. The van der Waals surface area contributed by atoms with Crippen molar-refractivity contribution in [1.29, 1.82) is 0 Å². The number of rotatable bonds is 18. The van der Waals surface area contributed by atoms with Gasteiger partial charge >= 0.3 is 0 Å². The van der Waals surface area contributed by atoms with Gasteiger partial charge in [0.1, 0.15) is 0 Å². The van der Waals surface area contributed by atoms with Gasteiger partial charge in [0.25, 0.3) is 0 Å². The van der Waals surface area contributed by atoms with Crippen molar-refractivity contribution in [2.24, 2.45) is 0 Å². The first kappa shape index (κ1) is 62.0. The molecule has 0 fully saturated rings. The molecule has 0 atom stereocenters. The van der Waals surface area contributed by atoms with Crippen LogP contribution in [0.2, 0.25) is 0 Å². The highest BCUT2D eigenvalue weighted by molar-refractivity contribution is 6.23. The second-order valence-corrected chi connectivity index (χ2v) is 25.6. The average Bonchev–Trinajstić information content (AvgIpc) is 0.723. The molecule has 0 radical (unpaired) electrons. The molecule has 4 heteroatoms. The molecule has 0 amide bonds. The molecule has 0 bridgehead atoms. The Morgan fingerprint density at radius 1 is 0.108 bits per heavy atom. The molecule has 4 nitrogen and oxygen atoms in total. The fourth-order valence-corrected chi connectivity index (χ4v) is 14.5. The summed E-state index contributed by atoms with van der Waals surface area (Å²) in [7, 11) is 0. The normalized spacial score (nSPS) is 11.1. The fourth-order valence-electron chi connectivity index (χ4n) is 14.5. The van der Waals surface area contributed by atoms with Crippen LogP contribution in [0.4, 0.5) is 68.2 Å². The van der Waals surface area contributed by atoms with E-state index in [0.717, 1.165) is 134 Å². The van der Waals surface area contributed by atoms with E-state index in [4.69, 9.17) is 0 Å². The van der Waals surface area contributed by atoms with Crippen LogP contribution in [-0.4, -0.2) is 0 Å². The van der Waals surface area contributed by atoms with Crippen LogP contribution < -0.4 is 19.6 Å². The summed E-state index contributed by atoms with van der Waals surface area (Å²) < 4.78 is 0. The van der Waals surface area contributed by atoms with E-state index < -0.39 is 0 Å². The number of hydrogen-bond acceptors (Lipinski definition) is 4.